The molecule has 0 aromatic rings. The van der Waals surface area contributed by atoms with Gasteiger partial charge in [-0.1, -0.05) is 0 Å². The van der Waals surface area contributed by atoms with Crippen LogP contribution in [-0.2, 0) is 14.3 Å². The summed E-state index contributed by atoms with van der Waals surface area (Å²) in [7, 11) is 1.65. The van der Waals surface area contributed by atoms with Gasteiger partial charge < -0.3 is 9.47 Å². The Kier molecular flexibility index (Phi) is 3.11. The molecule has 2 unspecified atom stereocenters. The lowest BCUT2D eigenvalue weighted by atomic mass is 9.81. The number of carbonyl (C=O) groups is 1. The van der Waals surface area contributed by atoms with Gasteiger partial charge in [0.2, 0.25) is 0 Å². The number of hydrogen-bond acceptors (Lipinski definition) is 3. The van der Waals surface area contributed by atoms with Crippen molar-refractivity contribution in [2.75, 3.05) is 7.11 Å². The predicted molar refractivity (Wildman–Crippen MR) is 65.9 cm³/mol. The lowest BCUT2D eigenvalue weighted by molar-refractivity contribution is -0.140. The Morgan fingerprint density at radius 2 is 1.88 bits per heavy atom. The molecule has 2 atom stereocenters. The Balaban J connectivity index is 2.13. The molecule has 2 aliphatic rings. The number of ketones is 1. The third kappa shape index (κ3) is 2.55. The molecule has 0 N–H and O–H groups in total. The van der Waals surface area contributed by atoms with E-state index in [0.717, 1.165) is 19.3 Å². The van der Waals surface area contributed by atoms with Crippen LogP contribution >= 0.6 is 0 Å². The smallest absolute Gasteiger partial charge is 0.167 e. The molecular formula is C14H24O3. The number of methoxy groups -OCH3 is 1. The van der Waals surface area contributed by atoms with Gasteiger partial charge in [-0.25, -0.2) is 0 Å². The number of rotatable bonds is 4. The van der Waals surface area contributed by atoms with E-state index in [0.29, 0.717) is 5.92 Å². The summed E-state index contributed by atoms with van der Waals surface area (Å²) >= 11 is 0. The maximum Gasteiger partial charge on any atom is 0.167 e. The fourth-order valence-corrected chi connectivity index (χ4v) is 3.14. The molecule has 3 nitrogen and oxygen atoms in total. The molecule has 0 aromatic carbocycles. The summed E-state index contributed by atoms with van der Waals surface area (Å²) in [4.78, 5) is 12.6. The van der Waals surface area contributed by atoms with Gasteiger partial charge in [0.05, 0.1) is 17.1 Å². The highest BCUT2D eigenvalue weighted by molar-refractivity contribution is 5.87. The quantitative estimate of drug-likeness (QED) is 0.757. The molecule has 0 spiro atoms. The maximum atomic E-state index is 12.6. The van der Waals surface area contributed by atoms with Crippen molar-refractivity contribution in [3.63, 3.8) is 0 Å². The van der Waals surface area contributed by atoms with Gasteiger partial charge in [0.25, 0.3) is 0 Å². The Morgan fingerprint density at radius 1 is 1.29 bits per heavy atom. The first kappa shape index (κ1) is 13.0. The standard InChI is InChI=1S/C14H24O3/c1-13(2)8-10(14(3,4)17-13)11(15)12(16-5)9-6-7-9/h9-10,12H,6-8H2,1-5H3. The summed E-state index contributed by atoms with van der Waals surface area (Å²) in [6.45, 7) is 8.15. The van der Waals surface area contributed by atoms with E-state index < -0.39 is 0 Å². The molecule has 98 valence electrons. The van der Waals surface area contributed by atoms with E-state index in [4.69, 9.17) is 9.47 Å². The summed E-state index contributed by atoms with van der Waals surface area (Å²) < 4.78 is 11.4. The van der Waals surface area contributed by atoms with Gasteiger partial charge in [-0.15, -0.1) is 0 Å². The highest BCUT2D eigenvalue weighted by Gasteiger charge is 2.52. The van der Waals surface area contributed by atoms with Gasteiger partial charge in [0, 0.05) is 7.11 Å². The average molecular weight is 240 g/mol. The second-order valence-corrected chi connectivity index (χ2v) is 6.62. The summed E-state index contributed by atoms with van der Waals surface area (Å²) in [5.74, 6) is 0.653. The molecule has 1 heterocycles. The molecule has 1 saturated heterocycles. The van der Waals surface area contributed by atoms with Crippen LogP contribution in [0.3, 0.4) is 0 Å². The summed E-state index contributed by atoms with van der Waals surface area (Å²) in [6.07, 6.45) is 2.84. The minimum Gasteiger partial charge on any atom is -0.373 e. The molecule has 2 fully saturated rings. The molecule has 1 aliphatic heterocycles. The van der Waals surface area contributed by atoms with E-state index in [1.165, 1.54) is 0 Å². The molecule has 17 heavy (non-hydrogen) atoms. The number of ether oxygens (including phenoxy) is 2. The van der Waals surface area contributed by atoms with Crippen molar-refractivity contribution < 1.29 is 14.3 Å². The molecule has 3 heteroatoms. The van der Waals surface area contributed by atoms with Crippen LogP contribution in [0.15, 0.2) is 0 Å². The molecule has 0 bridgehead atoms. The van der Waals surface area contributed by atoms with Crippen LogP contribution in [-0.4, -0.2) is 30.2 Å². The highest BCUT2D eigenvalue weighted by Crippen LogP contribution is 2.45. The van der Waals surface area contributed by atoms with Crippen molar-refractivity contribution in [2.24, 2.45) is 11.8 Å². The molecule has 0 amide bonds. The summed E-state index contributed by atoms with van der Waals surface area (Å²) in [6, 6.07) is 0. The third-order valence-electron chi connectivity index (χ3n) is 4.00. The second kappa shape index (κ2) is 4.06. The van der Waals surface area contributed by atoms with E-state index in [2.05, 4.69) is 13.8 Å². The topological polar surface area (TPSA) is 35.5 Å². The first-order valence-corrected chi connectivity index (χ1v) is 6.53. The second-order valence-electron chi connectivity index (χ2n) is 6.62. The zero-order valence-electron chi connectivity index (χ0n) is 11.6. The zero-order valence-corrected chi connectivity index (χ0v) is 11.6. The highest BCUT2D eigenvalue weighted by atomic mass is 16.5. The number of carbonyl (C=O) groups excluding carboxylic acids is 1. The largest absolute Gasteiger partial charge is 0.373 e. The summed E-state index contributed by atoms with van der Waals surface area (Å²) in [5, 5.41) is 0. The minimum atomic E-state index is -0.369. The lowest BCUT2D eigenvalue weighted by Gasteiger charge is -2.28. The Hall–Kier alpha value is -0.410. The number of hydrogen-bond donors (Lipinski definition) is 0. The Labute approximate surface area is 104 Å². The monoisotopic (exact) mass is 240 g/mol. The van der Waals surface area contributed by atoms with Crippen molar-refractivity contribution in [3.8, 4) is 0 Å². The van der Waals surface area contributed by atoms with Crippen molar-refractivity contribution >= 4 is 5.78 Å². The maximum absolute atomic E-state index is 12.6. The Bertz CT molecular complexity index is 315. The Morgan fingerprint density at radius 3 is 2.24 bits per heavy atom. The van der Waals surface area contributed by atoms with Crippen LogP contribution in [0.5, 0.6) is 0 Å². The zero-order chi connectivity index (χ0) is 12.8. The fraction of sp³-hybridized carbons (Fsp3) is 0.929. The van der Waals surface area contributed by atoms with Crippen LogP contribution in [0.25, 0.3) is 0 Å². The van der Waals surface area contributed by atoms with Crippen LogP contribution in [0.4, 0.5) is 0 Å². The van der Waals surface area contributed by atoms with E-state index in [1.807, 2.05) is 13.8 Å². The van der Waals surface area contributed by atoms with Crippen molar-refractivity contribution in [1.29, 1.82) is 0 Å². The van der Waals surface area contributed by atoms with Crippen LogP contribution in [0.1, 0.15) is 47.0 Å². The fourth-order valence-electron chi connectivity index (χ4n) is 3.14. The molecule has 1 saturated carbocycles. The molecule has 2 rings (SSSR count). The van der Waals surface area contributed by atoms with E-state index in [9.17, 15) is 4.79 Å². The van der Waals surface area contributed by atoms with Gasteiger partial charge in [-0.2, -0.15) is 0 Å². The minimum absolute atomic E-state index is 0.0388. The SMILES string of the molecule is COC(C(=O)C1CC(C)(C)OC1(C)C)C1CC1. The van der Waals surface area contributed by atoms with E-state index in [1.54, 1.807) is 7.11 Å². The van der Waals surface area contributed by atoms with Gasteiger partial charge in [0.1, 0.15) is 6.10 Å². The van der Waals surface area contributed by atoms with Gasteiger partial charge in [0.15, 0.2) is 5.78 Å². The van der Waals surface area contributed by atoms with Crippen molar-refractivity contribution in [3.05, 3.63) is 0 Å². The van der Waals surface area contributed by atoms with Crippen molar-refractivity contribution in [1.82, 2.24) is 0 Å². The molecule has 0 aromatic heterocycles. The lowest BCUT2D eigenvalue weighted by Crippen LogP contribution is -2.40. The molecule has 1 aliphatic carbocycles. The van der Waals surface area contributed by atoms with Gasteiger partial charge in [-0.3, -0.25) is 4.79 Å². The molecular weight excluding hydrogens is 216 g/mol. The van der Waals surface area contributed by atoms with E-state index in [-0.39, 0.29) is 29.0 Å². The first-order valence-electron chi connectivity index (χ1n) is 6.53. The first-order chi connectivity index (χ1) is 7.77. The predicted octanol–water partition coefficient (Wildman–Crippen LogP) is 2.57. The normalized spacial score (nSPS) is 32.4. The number of Topliss-reactive ketones (excluding diaryl/α,β-unsaturated/α-hetero) is 1. The van der Waals surface area contributed by atoms with Crippen molar-refractivity contribution in [2.45, 2.75) is 64.3 Å². The van der Waals surface area contributed by atoms with Crippen LogP contribution < -0.4 is 0 Å². The molecule has 0 radical (unpaired) electrons. The summed E-state index contributed by atoms with van der Waals surface area (Å²) in [5.41, 5.74) is -0.572. The third-order valence-corrected chi connectivity index (χ3v) is 4.00. The van der Waals surface area contributed by atoms with Gasteiger partial charge in [-0.05, 0) is 52.9 Å². The van der Waals surface area contributed by atoms with E-state index >= 15 is 0 Å². The average Bonchev–Trinajstić information content (AvgIpc) is 2.94. The van der Waals surface area contributed by atoms with Crippen LogP contribution in [0.2, 0.25) is 0 Å². The van der Waals surface area contributed by atoms with Gasteiger partial charge >= 0.3 is 0 Å². The van der Waals surface area contributed by atoms with Crippen LogP contribution in [0, 0.1) is 11.8 Å².